The van der Waals surface area contributed by atoms with Crippen molar-refractivity contribution >= 4 is 49.7 Å². The van der Waals surface area contributed by atoms with E-state index in [4.69, 9.17) is 17.4 Å². The molecule has 0 aromatic heterocycles. The third-order valence-electron chi connectivity index (χ3n) is 5.08. The lowest BCUT2D eigenvalue weighted by molar-refractivity contribution is -0.136. The maximum Gasteiger partial charge on any atom is 0.417 e. The number of fused-ring (bicyclic) bond motifs is 1. The average molecular weight is 460 g/mol. The third-order valence-corrected chi connectivity index (χ3v) is 6.34. The number of nitrogens with two attached hydrogens (primary N) is 1. The number of anilines is 1. The summed E-state index contributed by atoms with van der Waals surface area (Å²) in [6, 6.07) is 8.11. The van der Waals surface area contributed by atoms with Crippen molar-refractivity contribution in [1.29, 1.82) is 0 Å². The lowest BCUT2D eigenvalue weighted by Gasteiger charge is -2.29. The summed E-state index contributed by atoms with van der Waals surface area (Å²) in [5.41, 5.74) is -1.65. The van der Waals surface area contributed by atoms with Gasteiger partial charge in [-0.2, -0.15) is 13.2 Å². The maximum atomic E-state index is 13.4. The van der Waals surface area contributed by atoms with Gasteiger partial charge in [0.05, 0.1) is 17.0 Å². The first-order valence-corrected chi connectivity index (χ1v) is 11.1. The largest absolute Gasteiger partial charge is 0.417 e. The molecule has 2 aromatic rings. The van der Waals surface area contributed by atoms with Crippen LogP contribution < -0.4 is 10.0 Å². The van der Waals surface area contributed by atoms with Gasteiger partial charge < -0.3 is 4.90 Å². The Morgan fingerprint density at radius 2 is 1.70 bits per heavy atom. The van der Waals surface area contributed by atoms with Gasteiger partial charge >= 0.3 is 6.18 Å². The van der Waals surface area contributed by atoms with Gasteiger partial charge in [-0.25, -0.2) is 13.6 Å². The minimum absolute atomic E-state index is 0.0384. The second-order valence-corrected chi connectivity index (χ2v) is 9.63. The van der Waals surface area contributed by atoms with Crippen LogP contribution >= 0.6 is 12.2 Å². The highest BCUT2D eigenvalue weighted by atomic mass is 32.2. The first-order valence-electron chi connectivity index (χ1n) is 9.01. The van der Waals surface area contributed by atoms with E-state index < -0.39 is 33.2 Å². The van der Waals surface area contributed by atoms with Crippen molar-refractivity contribution in [3.05, 3.63) is 42.0 Å². The molecular weight excluding hydrogens is 439 g/mol. The molecule has 2 N–H and O–H groups in total. The van der Waals surface area contributed by atoms with E-state index in [1.165, 1.54) is 29.2 Å². The zero-order valence-electron chi connectivity index (χ0n) is 16.2. The summed E-state index contributed by atoms with van der Waals surface area (Å²) < 4.78 is 62.7. The van der Waals surface area contributed by atoms with E-state index in [-0.39, 0.29) is 40.3 Å². The molecule has 0 atom stereocenters. The molecule has 1 saturated heterocycles. The predicted octanol–water partition coefficient (Wildman–Crippen LogP) is 3.25. The molecule has 3 rings (SSSR count). The van der Waals surface area contributed by atoms with Crippen molar-refractivity contribution in [2.24, 2.45) is 5.14 Å². The first-order chi connectivity index (χ1) is 13.7. The van der Waals surface area contributed by atoms with Gasteiger partial charge in [-0.05, 0) is 50.0 Å². The van der Waals surface area contributed by atoms with Crippen LogP contribution in [-0.2, 0) is 21.0 Å². The summed E-state index contributed by atoms with van der Waals surface area (Å²) in [6.07, 6.45) is -4.40. The summed E-state index contributed by atoms with van der Waals surface area (Å²) in [5, 5.41) is 5.34. The van der Waals surface area contributed by atoms with Crippen LogP contribution in [-0.4, -0.2) is 42.2 Å². The second kappa shape index (κ2) is 7.47. The highest BCUT2D eigenvalue weighted by Crippen LogP contribution is 2.41. The van der Waals surface area contributed by atoms with Gasteiger partial charge in [-0.15, -0.1) is 0 Å². The monoisotopic (exact) mass is 459 g/mol. The van der Waals surface area contributed by atoms with E-state index in [1.807, 2.05) is 0 Å². The minimum atomic E-state index is -4.55. The molecule has 6 nitrogen and oxygen atoms in total. The molecule has 11 heteroatoms. The molecule has 2 aromatic carbocycles. The summed E-state index contributed by atoms with van der Waals surface area (Å²) in [7, 11) is -3.67. The first kappa shape index (κ1) is 22.4. The van der Waals surface area contributed by atoms with Crippen molar-refractivity contribution < 1.29 is 26.4 Å². The standard InChI is InChI=1S/C19H20F3N3O3S2/c1-18(2)16(26)25(17(29)24(18)10-5-11-30(23,27)28)15-9-8-14(19(20,21)22)12-6-3-4-7-13(12)15/h3-4,6-9H,5,10-11H2,1-2H3,(H2,23,27,28). The number of nitrogens with zero attached hydrogens (tertiary/aromatic N) is 2. The number of rotatable bonds is 5. The normalized spacial score (nSPS) is 17.3. The van der Waals surface area contributed by atoms with Crippen LogP contribution in [0, 0.1) is 0 Å². The molecule has 0 bridgehead atoms. The molecule has 1 amide bonds. The Morgan fingerprint density at radius 1 is 1.10 bits per heavy atom. The molecule has 0 unspecified atom stereocenters. The van der Waals surface area contributed by atoms with E-state index >= 15 is 0 Å². The topological polar surface area (TPSA) is 83.7 Å². The number of benzene rings is 2. The zero-order chi connectivity index (χ0) is 22.5. The number of hydrogen-bond donors (Lipinski definition) is 1. The van der Waals surface area contributed by atoms with E-state index in [9.17, 15) is 26.4 Å². The Bertz CT molecular complexity index is 1130. The van der Waals surface area contributed by atoms with E-state index in [2.05, 4.69) is 0 Å². The minimum Gasteiger partial charge on any atom is -0.334 e. The molecule has 0 saturated carbocycles. The molecule has 1 aliphatic heterocycles. The molecule has 1 fully saturated rings. The van der Waals surface area contributed by atoms with Crippen molar-refractivity contribution in [2.75, 3.05) is 17.2 Å². The van der Waals surface area contributed by atoms with Gasteiger partial charge in [0.15, 0.2) is 5.11 Å². The number of hydrogen-bond acceptors (Lipinski definition) is 4. The third kappa shape index (κ3) is 4.01. The van der Waals surface area contributed by atoms with Gasteiger partial charge in [0, 0.05) is 11.9 Å². The Hall–Kier alpha value is -2.24. The fourth-order valence-corrected chi connectivity index (χ4v) is 4.60. The number of alkyl halides is 3. The molecule has 0 aliphatic carbocycles. The van der Waals surface area contributed by atoms with Crippen LogP contribution in [0.4, 0.5) is 18.9 Å². The maximum absolute atomic E-state index is 13.4. The fourth-order valence-electron chi connectivity index (χ4n) is 3.57. The predicted molar refractivity (Wildman–Crippen MR) is 112 cm³/mol. The molecule has 30 heavy (non-hydrogen) atoms. The van der Waals surface area contributed by atoms with Crippen LogP contribution in [0.5, 0.6) is 0 Å². The Balaban J connectivity index is 2.05. The lowest BCUT2D eigenvalue weighted by Crippen LogP contribution is -2.45. The average Bonchev–Trinajstić information content (AvgIpc) is 2.78. The highest BCUT2D eigenvalue weighted by Gasteiger charge is 2.49. The summed E-state index contributed by atoms with van der Waals surface area (Å²) in [6.45, 7) is 3.42. The Labute approximate surface area is 177 Å². The van der Waals surface area contributed by atoms with Crippen molar-refractivity contribution in [2.45, 2.75) is 32.0 Å². The number of carbonyl (C=O) groups is 1. The van der Waals surface area contributed by atoms with Crippen LogP contribution in [0.15, 0.2) is 36.4 Å². The molecule has 0 radical (unpaired) electrons. The van der Waals surface area contributed by atoms with Gasteiger partial charge in [0.2, 0.25) is 10.0 Å². The fraction of sp³-hybridized carbons (Fsp3) is 0.368. The van der Waals surface area contributed by atoms with Gasteiger partial charge in [0.1, 0.15) is 5.54 Å². The number of carbonyl (C=O) groups excluding carboxylic acids is 1. The highest BCUT2D eigenvalue weighted by molar-refractivity contribution is 7.89. The zero-order valence-corrected chi connectivity index (χ0v) is 17.9. The van der Waals surface area contributed by atoms with Crippen molar-refractivity contribution in [1.82, 2.24) is 4.90 Å². The van der Waals surface area contributed by atoms with Crippen molar-refractivity contribution in [3.8, 4) is 0 Å². The molecule has 0 spiro atoms. The van der Waals surface area contributed by atoms with Crippen LogP contribution in [0.2, 0.25) is 0 Å². The lowest BCUT2D eigenvalue weighted by atomic mass is 10.0. The van der Waals surface area contributed by atoms with Gasteiger partial charge in [0.25, 0.3) is 5.91 Å². The molecule has 1 aliphatic rings. The Kier molecular flexibility index (Phi) is 5.59. The number of primary sulfonamides is 1. The smallest absolute Gasteiger partial charge is 0.334 e. The van der Waals surface area contributed by atoms with Crippen LogP contribution in [0.25, 0.3) is 10.8 Å². The Morgan fingerprint density at radius 3 is 2.27 bits per heavy atom. The van der Waals surface area contributed by atoms with Crippen LogP contribution in [0.1, 0.15) is 25.8 Å². The molecular formula is C19H20F3N3O3S2. The SMILES string of the molecule is CC1(C)C(=O)N(c2ccc(C(F)(F)F)c3ccccc23)C(=S)N1CCCS(N)(=O)=O. The second-order valence-electron chi connectivity index (χ2n) is 7.53. The number of halogens is 3. The quantitative estimate of drug-likeness (QED) is 0.694. The van der Waals surface area contributed by atoms with Gasteiger partial charge in [-0.1, -0.05) is 24.3 Å². The molecule has 162 valence electrons. The number of sulfonamides is 1. The summed E-state index contributed by atoms with van der Waals surface area (Å²) >= 11 is 5.47. The van der Waals surface area contributed by atoms with Gasteiger partial charge in [-0.3, -0.25) is 9.69 Å². The summed E-state index contributed by atoms with van der Waals surface area (Å²) in [4.78, 5) is 16.0. The number of thiocarbonyl (C=S) groups is 1. The summed E-state index contributed by atoms with van der Waals surface area (Å²) in [5.74, 6) is -0.687. The molecule has 1 heterocycles. The number of amides is 1. The van der Waals surface area contributed by atoms with E-state index in [0.717, 1.165) is 6.07 Å². The van der Waals surface area contributed by atoms with E-state index in [0.29, 0.717) is 0 Å². The van der Waals surface area contributed by atoms with Crippen molar-refractivity contribution in [3.63, 3.8) is 0 Å². The van der Waals surface area contributed by atoms with E-state index in [1.54, 1.807) is 24.8 Å². The van der Waals surface area contributed by atoms with Crippen LogP contribution in [0.3, 0.4) is 0 Å².